The van der Waals surface area contributed by atoms with Gasteiger partial charge in [0, 0.05) is 23.1 Å². The summed E-state index contributed by atoms with van der Waals surface area (Å²) in [6, 6.07) is 7.20. The summed E-state index contributed by atoms with van der Waals surface area (Å²) in [5, 5.41) is 0. The minimum absolute atomic E-state index is 0.115. The minimum Gasteiger partial charge on any atom is -0.224 e. The minimum atomic E-state index is -3.21. The maximum Gasteiger partial charge on any atom is 0.179 e. The first-order valence-corrected chi connectivity index (χ1v) is 9.05. The van der Waals surface area contributed by atoms with E-state index in [0.717, 1.165) is 5.56 Å². The molecule has 19 heavy (non-hydrogen) atoms. The fourth-order valence-electron chi connectivity index (χ4n) is 2.86. The highest BCUT2D eigenvalue weighted by molar-refractivity contribution is 7.91. The fraction of sp³-hybridized carbons (Fsp3) is 0.571. The van der Waals surface area contributed by atoms with E-state index in [1.165, 1.54) is 0 Å². The van der Waals surface area contributed by atoms with Crippen LogP contribution < -0.4 is 0 Å². The molecule has 0 saturated carbocycles. The van der Waals surface area contributed by atoms with Crippen LogP contribution in [0.1, 0.15) is 25.3 Å². The lowest BCUT2D eigenvalue weighted by atomic mass is 9.68. The number of hydrogen-bond donors (Lipinski definition) is 0. The molecular formula is C14H18Cl2O2S. The van der Waals surface area contributed by atoms with E-state index in [1.54, 1.807) is 12.1 Å². The van der Waals surface area contributed by atoms with E-state index in [1.807, 2.05) is 12.1 Å². The highest BCUT2D eigenvalue weighted by Crippen LogP contribution is 2.50. The van der Waals surface area contributed by atoms with Crippen LogP contribution in [-0.4, -0.2) is 25.9 Å². The maximum absolute atomic E-state index is 12.3. The van der Waals surface area contributed by atoms with Gasteiger partial charge in [0.05, 0.1) is 10.6 Å². The molecule has 0 spiro atoms. The van der Waals surface area contributed by atoms with Crippen molar-refractivity contribution in [2.45, 2.75) is 24.7 Å². The van der Waals surface area contributed by atoms with Crippen molar-refractivity contribution in [2.24, 2.45) is 11.3 Å². The zero-order valence-electron chi connectivity index (χ0n) is 11.1. The van der Waals surface area contributed by atoms with Crippen LogP contribution in [0, 0.1) is 11.3 Å². The Morgan fingerprint density at radius 2 is 1.84 bits per heavy atom. The number of rotatable bonds is 4. The van der Waals surface area contributed by atoms with E-state index >= 15 is 0 Å². The molecule has 2 nitrogen and oxygen atoms in total. The van der Waals surface area contributed by atoms with Crippen molar-refractivity contribution in [3.63, 3.8) is 0 Å². The monoisotopic (exact) mass is 320 g/mol. The first kappa shape index (κ1) is 15.1. The Kier molecular flexibility index (Phi) is 4.20. The molecule has 1 aliphatic rings. The quantitative estimate of drug-likeness (QED) is 0.793. The summed E-state index contributed by atoms with van der Waals surface area (Å²) >= 11 is 12.4. The number of halogens is 2. The van der Waals surface area contributed by atoms with E-state index < -0.39 is 9.84 Å². The Bertz CT molecular complexity index is 563. The van der Waals surface area contributed by atoms with Crippen molar-refractivity contribution in [2.75, 3.05) is 17.5 Å². The highest BCUT2D eigenvalue weighted by atomic mass is 35.5. The summed E-state index contributed by atoms with van der Waals surface area (Å²) in [7, 11) is -3.21. The summed E-state index contributed by atoms with van der Waals surface area (Å²) in [5.74, 6) is 0.938. The molecule has 0 fully saturated rings. The van der Waals surface area contributed by atoms with Crippen LogP contribution in [0.5, 0.6) is 0 Å². The first-order valence-electron chi connectivity index (χ1n) is 6.32. The molecule has 1 aromatic rings. The van der Waals surface area contributed by atoms with E-state index in [9.17, 15) is 8.42 Å². The zero-order chi connectivity index (χ0) is 14.3. The molecule has 0 saturated heterocycles. The van der Waals surface area contributed by atoms with Gasteiger partial charge >= 0.3 is 0 Å². The Hall–Kier alpha value is -0.250. The second-order valence-corrected chi connectivity index (χ2v) is 8.06. The third kappa shape index (κ3) is 2.30. The molecule has 0 radical (unpaired) electrons. The van der Waals surface area contributed by atoms with Gasteiger partial charge in [0.15, 0.2) is 9.84 Å². The van der Waals surface area contributed by atoms with Gasteiger partial charge in [0.2, 0.25) is 0 Å². The number of sulfone groups is 1. The molecule has 0 bridgehead atoms. The Labute approximate surface area is 125 Å². The summed E-state index contributed by atoms with van der Waals surface area (Å²) in [5.41, 5.74) is 0.487. The molecule has 1 atom stereocenters. The summed E-state index contributed by atoms with van der Waals surface area (Å²) in [6.45, 7) is 4.11. The number of benzene rings is 1. The predicted octanol–water partition coefficient (Wildman–Crippen LogP) is 3.68. The number of hydrogen-bond acceptors (Lipinski definition) is 2. The molecule has 2 rings (SSSR count). The van der Waals surface area contributed by atoms with Crippen LogP contribution in [0.3, 0.4) is 0 Å². The van der Waals surface area contributed by atoms with Crippen LogP contribution in [0.15, 0.2) is 29.2 Å². The van der Waals surface area contributed by atoms with Crippen LogP contribution in [0.25, 0.3) is 0 Å². The summed E-state index contributed by atoms with van der Waals surface area (Å²) in [6.07, 6.45) is 0. The lowest BCUT2D eigenvalue weighted by Crippen LogP contribution is -2.39. The molecule has 106 valence electrons. The maximum atomic E-state index is 12.3. The second-order valence-electron chi connectivity index (χ2n) is 5.53. The van der Waals surface area contributed by atoms with Crippen molar-refractivity contribution in [1.29, 1.82) is 0 Å². The number of alkyl halides is 2. The molecule has 1 unspecified atom stereocenters. The lowest BCUT2D eigenvalue weighted by Gasteiger charge is -2.39. The van der Waals surface area contributed by atoms with Crippen molar-refractivity contribution in [3.8, 4) is 0 Å². The highest BCUT2D eigenvalue weighted by Gasteiger charge is 2.48. The van der Waals surface area contributed by atoms with Crippen molar-refractivity contribution in [3.05, 3.63) is 29.8 Å². The third-order valence-electron chi connectivity index (χ3n) is 4.36. The molecule has 0 aromatic heterocycles. The fourth-order valence-corrected chi connectivity index (χ4v) is 6.12. The van der Waals surface area contributed by atoms with E-state index in [-0.39, 0.29) is 23.0 Å². The van der Waals surface area contributed by atoms with Crippen molar-refractivity contribution in [1.82, 2.24) is 0 Å². The van der Waals surface area contributed by atoms with Gasteiger partial charge in [-0.15, -0.1) is 23.2 Å². The van der Waals surface area contributed by atoms with Gasteiger partial charge in [-0.25, -0.2) is 8.42 Å². The van der Waals surface area contributed by atoms with Gasteiger partial charge in [-0.3, -0.25) is 0 Å². The first-order chi connectivity index (χ1) is 8.89. The largest absolute Gasteiger partial charge is 0.224 e. The predicted molar refractivity (Wildman–Crippen MR) is 79.9 cm³/mol. The van der Waals surface area contributed by atoms with Gasteiger partial charge in [0.25, 0.3) is 0 Å². The van der Waals surface area contributed by atoms with Gasteiger partial charge in [-0.05, 0) is 17.5 Å². The Morgan fingerprint density at radius 3 is 2.37 bits per heavy atom. The molecule has 1 aliphatic heterocycles. The van der Waals surface area contributed by atoms with Gasteiger partial charge in [-0.2, -0.15) is 0 Å². The molecule has 5 heteroatoms. The zero-order valence-corrected chi connectivity index (χ0v) is 13.4. The lowest BCUT2D eigenvalue weighted by molar-refractivity contribution is 0.216. The van der Waals surface area contributed by atoms with Gasteiger partial charge in [0.1, 0.15) is 0 Å². The molecule has 0 N–H and O–H groups in total. The van der Waals surface area contributed by atoms with Crippen LogP contribution in [0.2, 0.25) is 0 Å². The number of fused-ring (bicyclic) bond motifs is 1. The van der Waals surface area contributed by atoms with Crippen molar-refractivity contribution >= 4 is 33.0 Å². The molecule has 0 amide bonds. The Balaban J connectivity index is 2.60. The van der Waals surface area contributed by atoms with Crippen LogP contribution in [0.4, 0.5) is 0 Å². The summed E-state index contributed by atoms with van der Waals surface area (Å²) in [4.78, 5) is 0.445. The molecule has 0 aliphatic carbocycles. The average Bonchev–Trinajstić information content (AvgIpc) is 2.65. The molecular weight excluding hydrogens is 303 g/mol. The SMILES string of the molecule is CC(C)C(CCl)(CCl)C1CS(=O)(=O)c2ccccc21. The average molecular weight is 321 g/mol. The summed E-state index contributed by atoms with van der Waals surface area (Å²) < 4.78 is 24.6. The van der Waals surface area contributed by atoms with Crippen LogP contribution >= 0.6 is 23.2 Å². The molecule has 1 aromatic carbocycles. The van der Waals surface area contributed by atoms with Gasteiger partial charge in [-0.1, -0.05) is 32.0 Å². The van der Waals surface area contributed by atoms with Crippen molar-refractivity contribution < 1.29 is 8.42 Å². The van der Waals surface area contributed by atoms with E-state index in [0.29, 0.717) is 16.7 Å². The second kappa shape index (κ2) is 5.27. The Morgan fingerprint density at radius 1 is 1.26 bits per heavy atom. The van der Waals surface area contributed by atoms with Gasteiger partial charge < -0.3 is 0 Å². The topological polar surface area (TPSA) is 34.1 Å². The normalized spacial score (nSPS) is 21.6. The van der Waals surface area contributed by atoms with Crippen LogP contribution in [-0.2, 0) is 9.84 Å². The third-order valence-corrected chi connectivity index (χ3v) is 7.17. The van der Waals surface area contributed by atoms with E-state index in [2.05, 4.69) is 13.8 Å². The smallest absolute Gasteiger partial charge is 0.179 e. The van der Waals surface area contributed by atoms with E-state index in [4.69, 9.17) is 23.2 Å². The molecule has 1 heterocycles. The standard InChI is InChI=1S/C14H18Cl2O2S/c1-10(2)14(8-15,9-16)12-7-19(17,18)13-6-4-3-5-11(12)13/h3-6,10,12H,7-9H2,1-2H3.